The third-order valence-electron chi connectivity index (χ3n) is 3.83. The van der Waals surface area contributed by atoms with E-state index in [0.29, 0.717) is 12.1 Å². The van der Waals surface area contributed by atoms with Crippen molar-refractivity contribution in [2.75, 3.05) is 5.75 Å². The second kappa shape index (κ2) is 6.74. The van der Waals surface area contributed by atoms with Gasteiger partial charge < -0.3 is 5.32 Å². The molecule has 1 aliphatic rings. The maximum atomic E-state index is 6.17. The van der Waals surface area contributed by atoms with Gasteiger partial charge in [-0.25, -0.2) is 0 Å². The van der Waals surface area contributed by atoms with Crippen LogP contribution in [0.1, 0.15) is 36.6 Å². The van der Waals surface area contributed by atoms with Crippen LogP contribution in [0.25, 0.3) is 0 Å². The molecule has 1 nitrogen and oxygen atoms in total. The third kappa shape index (κ3) is 3.65. The summed E-state index contributed by atoms with van der Waals surface area (Å²) >= 11 is 11.6. The molecular formula is C17H17BrClNS. The van der Waals surface area contributed by atoms with E-state index < -0.39 is 0 Å². The summed E-state index contributed by atoms with van der Waals surface area (Å²) < 4.78 is 1.12. The van der Waals surface area contributed by atoms with E-state index in [1.165, 1.54) is 16.0 Å². The molecule has 0 fully saturated rings. The fourth-order valence-electron chi connectivity index (χ4n) is 2.69. The first kappa shape index (κ1) is 15.4. The van der Waals surface area contributed by atoms with E-state index in [1.807, 2.05) is 17.8 Å². The molecule has 0 aromatic heterocycles. The summed E-state index contributed by atoms with van der Waals surface area (Å²) in [5.41, 5.74) is 2.64. The monoisotopic (exact) mass is 381 g/mol. The molecule has 110 valence electrons. The fourth-order valence-corrected chi connectivity index (χ4v) is 4.24. The van der Waals surface area contributed by atoms with Crippen LogP contribution in [0.5, 0.6) is 0 Å². The molecule has 0 saturated heterocycles. The molecule has 0 radical (unpaired) electrons. The lowest BCUT2D eigenvalue weighted by molar-refractivity contribution is 0.450. The Morgan fingerprint density at radius 1 is 1.24 bits per heavy atom. The summed E-state index contributed by atoms with van der Waals surface area (Å²) in [7, 11) is 0. The molecular weight excluding hydrogens is 366 g/mol. The van der Waals surface area contributed by atoms with Crippen molar-refractivity contribution >= 4 is 39.3 Å². The average Bonchev–Trinajstić information content (AvgIpc) is 2.48. The van der Waals surface area contributed by atoms with Crippen molar-refractivity contribution in [2.24, 2.45) is 0 Å². The number of nitrogens with one attached hydrogen (secondary N) is 1. The van der Waals surface area contributed by atoms with E-state index in [-0.39, 0.29) is 0 Å². The quantitative estimate of drug-likeness (QED) is 0.699. The van der Waals surface area contributed by atoms with Crippen molar-refractivity contribution in [1.29, 1.82) is 0 Å². The molecule has 1 N–H and O–H groups in total. The van der Waals surface area contributed by atoms with Gasteiger partial charge in [-0.3, -0.25) is 0 Å². The zero-order valence-corrected chi connectivity index (χ0v) is 14.9. The van der Waals surface area contributed by atoms with Crippen molar-refractivity contribution in [3.05, 3.63) is 63.1 Å². The predicted molar refractivity (Wildman–Crippen MR) is 95.2 cm³/mol. The standard InChI is InChI=1S/C17H17BrClNS/c1-11(12-2-4-13(18)5-3-12)20-16-8-9-21-17-7-6-14(19)10-15(16)17/h2-7,10-11,16,20H,8-9H2,1H3/t11-,16?/m0/s1. The molecule has 0 aliphatic carbocycles. The average molecular weight is 383 g/mol. The van der Waals surface area contributed by atoms with Gasteiger partial charge in [0.25, 0.3) is 0 Å². The molecule has 2 aromatic rings. The lowest BCUT2D eigenvalue weighted by Gasteiger charge is -2.29. The molecule has 21 heavy (non-hydrogen) atoms. The first-order chi connectivity index (χ1) is 10.1. The molecule has 4 heteroatoms. The summed E-state index contributed by atoms with van der Waals surface area (Å²) in [5, 5.41) is 4.57. The number of benzene rings is 2. The van der Waals surface area contributed by atoms with Crippen LogP contribution >= 0.6 is 39.3 Å². The SMILES string of the molecule is C[C@H](NC1CCSc2ccc(Cl)cc21)c1ccc(Br)cc1. The first-order valence-corrected chi connectivity index (χ1v) is 9.23. The number of hydrogen-bond acceptors (Lipinski definition) is 2. The molecule has 0 saturated carbocycles. The fraction of sp³-hybridized carbons (Fsp3) is 0.294. The molecule has 0 amide bonds. The van der Waals surface area contributed by atoms with Gasteiger partial charge >= 0.3 is 0 Å². The second-order valence-electron chi connectivity index (χ2n) is 5.31. The van der Waals surface area contributed by atoms with Crippen molar-refractivity contribution in [1.82, 2.24) is 5.32 Å². The highest BCUT2D eigenvalue weighted by molar-refractivity contribution is 9.10. The summed E-state index contributed by atoms with van der Waals surface area (Å²) in [6, 6.07) is 15.4. The van der Waals surface area contributed by atoms with Crippen LogP contribution in [0, 0.1) is 0 Å². The maximum absolute atomic E-state index is 6.17. The van der Waals surface area contributed by atoms with Crippen molar-refractivity contribution in [2.45, 2.75) is 30.3 Å². The van der Waals surface area contributed by atoms with Gasteiger partial charge in [-0.2, -0.15) is 0 Å². The highest BCUT2D eigenvalue weighted by Crippen LogP contribution is 2.38. The van der Waals surface area contributed by atoms with E-state index in [4.69, 9.17) is 11.6 Å². The van der Waals surface area contributed by atoms with Crippen molar-refractivity contribution in [3.8, 4) is 0 Å². The Kier molecular flexibility index (Phi) is 4.95. The summed E-state index contributed by atoms with van der Waals surface area (Å²) in [6.45, 7) is 2.22. The molecule has 1 unspecified atom stereocenters. The van der Waals surface area contributed by atoms with E-state index in [1.54, 1.807) is 0 Å². The minimum absolute atomic E-state index is 0.318. The Morgan fingerprint density at radius 2 is 2.00 bits per heavy atom. The van der Waals surface area contributed by atoms with Crippen LogP contribution < -0.4 is 5.32 Å². The van der Waals surface area contributed by atoms with Crippen LogP contribution in [0.15, 0.2) is 51.8 Å². The largest absolute Gasteiger partial charge is 0.303 e. The smallest absolute Gasteiger partial charge is 0.0410 e. The van der Waals surface area contributed by atoms with Gasteiger partial charge in [-0.15, -0.1) is 11.8 Å². The number of fused-ring (bicyclic) bond motifs is 1. The van der Waals surface area contributed by atoms with E-state index >= 15 is 0 Å². The van der Waals surface area contributed by atoms with Crippen molar-refractivity contribution < 1.29 is 0 Å². The number of hydrogen-bond donors (Lipinski definition) is 1. The maximum Gasteiger partial charge on any atom is 0.0410 e. The van der Waals surface area contributed by atoms with Crippen LogP contribution in [-0.4, -0.2) is 5.75 Å². The molecule has 0 spiro atoms. The molecule has 2 atom stereocenters. The molecule has 1 heterocycles. The zero-order chi connectivity index (χ0) is 14.8. The highest BCUT2D eigenvalue weighted by atomic mass is 79.9. The van der Waals surface area contributed by atoms with Gasteiger partial charge in [0.05, 0.1) is 0 Å². The Labute approximate surface area is 143 Å². The Hall–Kier alpha value is -0.480. The number of thioether (sulfide) groups is 1. The van der Waals surface area contributed by atoms with Crippen LogP contribution in [0.2, 0.25) is 5.02 Å². The summed E-state index contributed by atoms with van der Waals surface area (Å²) in [4.78, 5) is 1.35. The van der Waals surface area contributed by atoms with Gasteiger partial charge in [0.15, 0.2) is 0 Å². The number of halogens is 2. The minimum atomic E-state index is 0.318. The lowest BCUT2D eigenvalue weighted by Crippen LogP contribution is -2.27. The predicted octanol–water partition coefficient (Wildman–Crippen LogP) is 5.99. The molecule has 1 aliphatic heterocycles. The van der Waals surface area contributed by atoms with Gasteiger partial charge in [-0.1, -0.05) is 39.7 Å². The Bertz CT molecular complexity index is 629. The molecule has 0 bridgehead atoms. The van der Waals surface area contributed by atoms with Gasteiger partial charge in [0.2, 0.25) is 0 Å². The second-order valence-corrected chi connectivity index (χ2v) is 7.80. The number of rotatable bonds is 3. The Morgan fingerprint density at radius 3 is 2.76 bits per heavy atom. The Balaban J connectivity index is 1.80. The van der Waals surface area contributed by atoms with E-state index in [0.717, 1.165) is 21.7 Å². The van der Waals surface area contributed by atoms with E-state index in [2.05, 4.69) is 64.6 Å². The summed E-state index contributed by atoms with van der Waals surface area (Å²) in [6.07, 6.45) is 1.14. The summed E-state index contributed by atoms with van der Waals surface area (Å²) in [5.74, 6) is 1.15. The van der Waals surface area contributed by atoms with Crippen molar-refractivity contribution in [3.63, 3.8) is 0 Å². The van der Waals surface area contributed by atoms with Gasteiger partial charge in [0.1, 0.15) is 0 Å². The van der Waals surface area contributed by atoms with Crippen LogP contribution in [0.4, 0.5) is 0 Å². The zero-order valence-electron chi connectivity index (χ0n) is 11.8. The van der Waals surface area contributed by atoms with Gasteiger partial charge in [-0.05, 0) is 60.6 Å². The normalized spacial score (nSPS) is 19.1. The first-order valence-electron chi connectivity index (χ1n) is 7.07. The topological polar surface area (TPSA) is 12.0 Å². The molecule has 2 aromatic carbocycles. The molecule has 3 rings (SSSR count). The van der Waals surface area contributed by atoms with Crippen LogP contribution in [-0.2, 0) is 0 Å². The van der Waals surface area contributed by atoms with Crippen LogP contribution in [0.3, 0.4) is 0 Å². The third-order valence-corrected chi connectivity index (χ3v) is 5.72. The lowest BCUT2D eigenvalue weighted by atomic mass is 10.0. The highest BCUT2D eigenvalue weighted by Gasteiger charge is 2.22. The van der Waals surface area contributed by atoms with E-state index in [9.17, 15) is 0 Å². The minimum Gasteiger partial charge on any atom is -0.303 e. The van der Waals surface area contributed by atoms with Gasteiger partial charge in [0, 0.05) is 26.5 Å².